The van der Waals surface area contributed by atoms with Gasteiger partial charge in [0.05, 0.1) is 6.20 Å². The van der Waals surface area contributed by atoms with Crippen molar-refractivity contribution in [1.29, 1.82) is 0 Å². The highest BCUT2D eigenvalue weighted by molar-refractivity contribution is 5.84. The molecule has 7 heteroatoms. The molecule has 7 nitrogen and oxygen atoms in total. The molecule has 4 aromatic rings. The zero-order valence-electron chi connectivity index (χ0n) is 14.4. The number of pyridine rings is 2. The molecule has 0 spiro atoms. The highest BCUT2D eigenvalue weighted by atomic mass is 16.5. The molecule has 0 fully saturated rings. The van der Waals surface area contributed by atoms with Gasteiger partial charge in [-0.15, -0.1) is 0 Å². The average Bonchev–Trinajstić information content (AvgIpc) is 3.16. The van der Waals surface area contributed by atoms with E-state index in [1.165, 1.54) is 0 Å². The van der Waals surface area contributed by atoms with Gasteiger partial charge in [0.1, 0.15) is 6.04 Å². The van der Waals surface area contributed by atoms with Crippen molar-refractivity contribution in [1.82, 2.24) is 25.2 Å². The largest absolute Gasteiger partial charge is 0.289 e. The summed E-state index contributed by atoms with van der Waals surface area (Å²) in [6.07, 6.45) is 7.26. The monoisotopic (exact) mass is 359 g/mol. The lowest BCUT2D eigenvalue weighted by atomic mass is 10.1. The standard InChI is InChI=1S/C20H17N5O2/c26-20(24-27)18(10-14-4-2-1-3-5-14)25-19-17(13-23-25)11-16(12-22-19)15-6-8-21-9-7-15/h1-9,11-13,18,27H,10H2,(H,24,26). The van der Waals surface area contributed by atoms with Crippen LogP contribution in [-0.4, -0.2) is 30.9 Å². The molecule has 3 aromatic heterocycles. The van der Waals surface area contributed by atoms with Crippen LogP contribution in [0.3, 0.4) is 0 Å². The molecular formula is C20H17N5O2. The Kier molecular flexibility index (Phi) is 4.59. The second kappa shape index (κ2) is 7.35. The number of benzene rings is 1. The number of hydrogen-bond acceptors (Lipinski definition) is 5. The first-order valence-corrected chi connectivity index (χ1v) is 8.48. The zero-order chi connectivity index (χ0) is 18.6. The smallest absolute Gasteiger partial charge is 0.268 e. The Bertz CT molecular complexity index is 1060. The summed E-state index contributed by atoms with van der Waals surface area (Å²) >= 11 is 0. The number of aromatic nitrogens is 4. The van der Waals surface area contributed by atoms with Crippen LogP contribution in [0, 0.1) is 0 Å². The molecule has 1 aromatic carbocycles. The second-order valence-corrected chi connectivity index (χ2v) is 6.14. The van der Waals surface area contributed by atoms with Crippen LogP contribution in [0.1, 0.15) is 11.6 Å². The Morgan fingerprint density at radius 1 is 1.07 bits per heavy atom. The van der Waals surface area contributed by atoms with Gasteiger partial charge >= 0.3 is 0 Å². The first-order chi connectivity index (χ1) is 13.3. The highest BCUT2D eigenvalue weighted by Crippen LogP contribution is 2.24. The fourth-order valence-electron chi connectivity index (χ4n) is 3.07. The second-order valence-electron chi connectivity index (χ2n) is 6.14. The predicted octanol–water partition coefficient (Wildman–Crippen LogP) is 2.78. The number of carbonyl (C=O) groups is 1. The van der Waals surface area contributed by atoms with Crippen molar-refractivity contribution in [3.05, 3.63) is 78.9 Å². The topological polar surface area (TPSA) is 92.9 Å². The Labute approximate surface area is 155 Å². The summed E-state index contributed by atoms with van der Waals surface area (Å²) in [5.41, 5.74) is 5.22. The van der Waals surface area contributed by atoms with Crippen LogP contribution < -0.4 is 5.48 Å². The molecule has 0 saturated carbocycles. The van der Waals surface area contributed by atoms with E-state index in [1.807, 2.05) is 48.5 Å². The lowest BCUT2D eigenvalue weighted by molar-refractivity contribution is -0.132. The molecule has 3 heterocycles. The van der Waals surface area contributed by atoms with Gasteiger partial charge in [0, 0.05) is 36.0 Å². The summed E-state index contributed by atoms with van der Waals surface area (Å²) in [6, 6.07) is 14.7. The van der Waals surface area contributed by atoms with E-state index < -0.39 is 11.9 Å². The minimum absolute atomic E-state index is 0.387. The summed E-state index contributed by atoms with van der Waals surface area (Å²) in [4.78, 5) is 20.8. The average molecular weight is 359 g/mol. The van der Waals surface area contributed by atoms with Crippen molar-refractivity contribution >= 4 is 16.9 Å². The molecule has 27 heavy (non-hydrogen) atoms. The van der Waals surface area contributed by atoms with Crippen LogP contribution in [0.15, 0.2) is 73.3 Å². The van der Waals surface area contributed by atoms with Gasteiger partial charge in [0.2, 0.25) is 0 Å². The van der Waals surface area contributed by atoms with Gasteiger partial charge < -0.3 is 0 Å². The van der Waals surface area contributed by atoms with Crippen LogP contribution in [0.4, 0.5) is 0 Å². The minimum Gasteiger partial charge on any atom is -0.289 e. The molecule has 4 rings (SSSR count). The van der Waals surface area contributed by atoms with Crippen molar-refractivity contribution in [3.63, 3.8) is 0 Å². The van der Waals surface area contributed by atoms with Crippen LogP contribution in [0.5, 0.6) is 0 Å². The molecule has 0 bridgehead atoms. The van der Waals surface area contributed by atoms with Crippen molar-refractivity contribution in [2.24, 2.45) is 0 Å². The van der Waals surface area contributed by atoms with Gasteiger partial charge in [-0.3, -0.25) is 15.0 Å². The lowest BCUT2D eigenvalue weighted by Crippen LogP contribution is -2.32. The molecule has 0 aliphatic rings. The van der Waals surface area contributed by atoms with E-state index in [9.17, 15) is 10.0 Å². The maximum Gasteiger partial charge on any atom is 0.268 e. The van der Waals surface area contributed by atoms with E-state index in [2.05, 4.69) is 15.1 Å². The van der Waals surface area contributed by atoms with Crippen LogP contribution in [0.2, 0.25) is 0 Å². The summed E-state index contributed by atoms with van der Waals surface area (Å²) in [7, 11) is 0. The Hall–Kier alpha value is -3.58. The van der Waals surface area contributed by atoms with Crippen molar-refractivity contribution < 1.29 is 10.0 Å². The molecule has 0 saturated heterocycles. The number of amides is 1. The Morgan fingerprint density at radius 2 is 1.85 bits per heavy atom. The van der Waals surface area contributed by atoms with E-state index in [4.69, 9.17) is 0 Å². The highest BCUT2D eigenvalue weighted by Gasteiger charge is 2.24. The molecule has 0 aliphatic carbocycles. The van der Waals surface area contributed by atoms with Crippen LogP contribution in [-0.2, 0) is 11.2 Å². The molecule has 1 amide bonds. The van der Waals surface area contributed by atoms with E-state index in [-0.39, 0.29) is 0 Å². The first kappa shape index (κ1) is 16.9. The molecule has 1 unspecified atom stereocenters. The quantitative estimate of drug-likeness (QED) is 0.422. The minimum atomic E-state index is -0.714. The predicted molar refractivity (Wildman–Crippen MR) is 99.9 cm³/mol. The number of hydrogen-bond donors (Lipinski definition) is 2. The van der Waals surface area contributed by atoms with Gasteiger partial charge in [-0.1, -0.05) is 30.3 Å². The summed E-state index contributed by atoms with van der Waals surface area (Å²) < 4.78 is 1.55. The van der Waals surface area contributed by atoms with E-state index >= 15 is 0 Å². The first-order valence-electron chi connectivity index (χ1n) is 8.48. The zero-order valence-corrected chi connectivity index (χ0v) is 14.4. The van der Waals surface area contributed by atoms with E-state index in [1.54, 1.807) is 34.9 Å². The van der Waals surface area contributed by atoms with Gasteiger partial charge in [-0.25, -0.2) is 15.1 Å². The molecule has 0 aliphatic heterocycles. The molecular weight excluding hydrogens is 342 g/mol. The summed E-state index contributed by atoms with van der Waals surface area (Å²) in [5, 5.41) is 14.4. The van der Waals surface area contributed by atoms with Crippen molar-refractivity contribution in [3.8, 4) is 11.1 Å². The van der Waals surface area contributed by atoms with Gasteiger partial charge in [-0.05, 0) is 29.3 Å². The summed E-state index contributed by atoms with van der Waals surface area (Å²) in [5.74, 6) is -0.538. The third-order valence-electron chi connectivity index (χ3n) is 4.43. The molecule has 1 atom stereocenters. The maximum atomic E-state index is 12.3. The Morgan fingerprint density at radius 3 is 2.59 bits per heavy atom. The molecule has 134 valence electrons. The van der Waals surface area contributed by atoms with Gasteiger partial charge in [0.25, 0.3) is 5.91 Å². The normalized spacial score (nSPS) is 12.0. The van der Waals surface area contributed by atoms with Crippen molar-refractivity contribution in [2.75, 3.05) is 0 Å². The van der Waals surface area contributed by atoms with Crippen molar-refractivity contribution in [2.45, 2.75) is 12.5 Å². The number of nitrogens with one attached hydrogen (secondary N) is 1. The number of rotatable bonds is 5. The third-order valence-corrected chi connectivity index (χ3v) is 4.43. The maximum absolute atomic E-state index is 12.3. The number of nitrogens with zero attached hydrogens (tertiary/aromatic N) is 4. The molecule has 2 N–H and O–H groups in total. The molecule has 0 radical (unpaired) electrons. The summed E-state index contributed by atoms with van der Waals surface area (Å²) in [6.45, 7) is 0. The van der Waals surface area contributed by atoms with Crippen LogP contribution >= 0.6 is 0 Å². The fraction of sp³-hybridized carbons (Fsp3) is 0.100. The third kappa shape index (κ3) is 3.40. The van der Waals surface area contributed by atoms with E-state index in [0.717, 1.165) is 22.1 Å². The number of hydroxylamine groups is 1. The number of fused-ring (bicyclic) bond motifs is 1. The van der Waals surface area contributed by atoms with Crippen LogP contribution in [0.25, 0.3) is 22.2 Å². The lowest BCUT2D eigenvalue weighted by Gasteiger charge is -2.16. The van der Waals surface area contributed by atoms with Gasteiger partial charge in [0.15, 0.2) is 5.65 Å². The number of carbonyl (C=O) groups excluding carboxylic acids is 1. The SMILES string of the molecule is O=C(NO)C(Cc1ccccc1)n1ncc2cc(-c3ccncc3)cnc21. The van der Waals surface area contributed by atoms with Gasteiger partial charge in [-0.2, -0.15) is 5.10 Å². The Balaban J connectivity index is 1.73. The fourth-order valence-corrected chi connectivity index (χ4v) is 3.07. The van der Waals surface area contributed by atoms with E-state index in [0.29, 0.717) is 12.1 Å².